The van der Waals surface area contributed by atoms with E-state index in [-0.39, 0.29) is 6.54 Å². The van der Waals surface area contributed by atoms with Crippen LogP contribution in [-0.2, 0) is 4.79 Å². The molecule has 0 saturated heterocycles. The summed E-state index contributed by atoms with van der Waals surface area (Å²) >= 11 is 3.24. The van der Waals surface area contributed by atoms with Crippen LogP contribution in [0.2, 0.25) is 0 Å². The van der Waals surface area contributed by atoms with E-state index in [1.54, 1.807) is 24.3 Å². The highest BCUT2D eigenvalue weighted by molar-refractivity contribution is 9.10. The number of rotatable bonds is 5. The van der Waals surface area contributed by atoms with Gasteiger partial charge in [0.1, 0.15) is 12.3 Å². The van der Waals surface area contributed by atoms with Crippen LogP contribution in [0.1, 0.15) is 6.92 Å². The Morgan fingerprint density at radius 1 is 1.32 bits per heavy atom. The van der Waals surface area contributed by atoms with Gasteiger partial charge in [-0.3, -0.25) is 4.79 Å². The lowest BCUT2D eigenvalue weighted by Gasteiger charge is -2.22. The second kappa shape index (κ2) is 6.79. The third-order valence-electron chi connectivity index (χ3n) is 2.28. The molecule has 0 aromatic heterocycles. The second-order valence-electron chi connectivity index (χ2n) is 3.77. The third-order valence-corrected chi connectivity index (χ3v) is 2.81. The number of benzene rings is 1. The average molecular weight is 340 g/mol. The van der Waals surface area contributed by atoms with Crippen molar-refractivity contribution in [2.75, 3.05) is 19.7 Å². The fourth-order valence-corrected chi connectivity index (χ4v) is 1.62. The van der Waals surface area contributed by atoms with Gasteiger partial charge in [-0.2, -0.15) is 13.2 Å². The number of likely N-dealkylation sites (N-methyl/N-ethyl adjacent to an activating group) is 1. The number of amides is 1. The van der Waals surface area contributed by atoms with E-state index in [4.69, 9.17) is 4.74 Å². The molecule has 7 heteroatoms. The van der Waals surface area contributed by atoms with Gasteiger partial charge in [-0.15, -0.1) is 0 Å². The minimum absolute atomic E-state index is 0.0119. The maximum atomic E-state index is 12.2. The molecule has 0 N–H and O–H groups in total. The highest BCUT2D eigenvalue weighted by Crippen LogP contribution is 2.18. The Balaban J connectivity index is 2.51. The van der Waals surface area contributed by atoms with E-state index in [2.05, 4.69) is 15.9 Å². The molecule has 0 heterocycles. The van der Waals surface area contributed by atoms with E-state index < -0.39 is 25.2 Å². The molecule has 0 aliphatic rings. The standard InChI is InChI=1S/C12H13BrF3NO2/c1-2-17(8-12(14,15)16)11(18)7-19-10-5-3-9(13)4-6-10/h3-6H,2,7-8H2,1H3. The number of hydrogen-bond acceptors (Lipinski definition) is 2. The first-order valence-electron chi connectivity index (χ1n) is 5.54. The van der Waals surface area contributed by atoms with Crippen LogP contribution in [0, 0.1) is 0 Å². The molecule has 1 aromatic rings. The van der Waals surface area contributed by atoms with E-state index in [1.165, 1.54) is 6.92 Å². The Morgan fingerprint density at radius 3 is 2.37 bits per heavy atom. The SMILES string of the molecule is CCN(CC(F)(F)F)C(=O)COc1ccc(Br)cc1. The van der Waals surface area contributed by atoms with Gasteiger partial charge in [-0.1, -0.05) is 15.9 Å². The second-order valence-corrected chi connectivity index (χ2v) is 4.68. The summed E-state index contributed by atoms with van der Waals surface area (Å²) in [6.07, 6.45) is -4.40. The predicted molar refractivity (Wildman–Crippen MR) is 67.9 cm³/mol. The lowest BCUT2D eigenvalue weighted by atomic mass is 10.3. The number of carbonyl (C=O) groups is 1. The van der Waals surface area contributed by atoms with Gasteiger partial charge in [-0.25, -0.2) is 0 Å². The molecule has 0 spiro atoms. The Kier molecular flexibility index (Phi) is 5.65. The zero-order valence-corrected chi connectivity index (χ0v) is 11.8. The first kappa shape index (κ1) is 15.8. The third kappa shape index (κ3) is 5.96. The van der Waals surface area contributed by atoms with Gasteiger partial charge in [0.25, 0.3) is 5.91 Å². The van der Waals surface area contributed by atoms with Crippen LogP contribution < -0.4 is 4.74 Å². The van der Waals surface area contributed by atoms with Crippen molar-refractivity contribution in [2.45, 2.75) is 13.1 Å². The minimum Gasteiger partial charge on any atom is -0.484 e. The molecule has 0 unspecified atom stereocenters. The molecule has 0 saturated carbocycles. The minimum atomic E-state index is -4.40. The highest BCUT2D eigenvalue weighted by Gasteiger charge is 2.32. The molecular weight excluding hydrogens is 327 g/mol. The number of alkyl halides is 3. The van der Waals surface area contributed by atoms with Gasteiger partial charge in [-0.05, 0) is 31.2 Å². The topological polar surface area (TPSA) is 29.5 Å². The molecule has 0 atom stereocenters. The summed E-state index contributed by atoms with van der Waals surface area (Å²) in [5.41, 5.74) is 0. The van der Waals surface area contributed by atoms with Crippen LogP contribution in [0.3, 0.4) is 0 Å². The summed E-state index contributed by atoms with van der Waals surface area (Å²) in [7, 11) is 0. The van der Waals surface area contributed by atoms with Crippen molar-refractivity contribution >= 4 is 21.8 Å². The lowest BCUT2D eigenvalue weighted by Crippen LogP contribution is -2.41. The fourth-order valence-electron chi connectivity index (χ4n) is 1.36. The van der Waals surface area contributed by atoms with Crippen LogP contribution in [-0.4, -0.2) is 36.7 Å². The van der Waals surface area contributed by atoms with Crippen LogP contribution in [0.15, 0.2) is 28.7 Å². The van der Waals surface area contributed by atoms with E-state index in [0.29, 0.717) is 10.6 Å². The zero-order chi connectivity index (χ0) is 14.5. The molecule has 19 heavy (non-hydrogen) atoms. The van der Waals surface area contributed by atoms with Gasteiger partial charge >= 0.3 is 6.18 Å². The molecule has 1 rings (SSSR count). The van der Waals surface area contributed by atoms with Gasteiger partial charge in [0.2, 0.25) is 0 Å². The zero-order valence-electron chi connectivity index (χ0n) is 10.2. The van der Waals surface area contributed by atoms with E-state index in [0.717, 1.165) is 4.47 Å². The smallest absolute Gasteiger partial charge is 0.406 e. The summed E-state index contributed by atoms with van der Waals surface area (Å²) in [5.74, 6) is -0.262. The van der Waals surface area contributed by atoms with Crippen molar-refractivity contribution < 1.29 is 22.7 Å². The number of carbonyl (C=O) groups excluding carboxylic acids is 1. The number of hydrogen-bond donors (Lipinski definition) is 0. The average Bonchev–Trinajstić information content (AvgIpc) is 2.34. The molecule has 0 radical (unpaired) electrons. The maximum Gasteiger partial charge on any atom is 0.406 e. The van der Waals surface area contributed by atoms with Crippen molar-refractivity contribution in [3.05, 3.63) is 28.7 Å². The molecule has 0 bridgehead atoms. The van der Waals surface area contributed by atoms with Crippen LogP contribution in [0.4, 0.5) is 13.2 Å². The van der Waals surface area contributed by atoms with E-state index >= 15 is 0 Å². The summed E-state index contributed by atoms with van der Waals surface area (Å²) in [5, 5.41) is 0. The molecular formula is C12H13BrF3NO2. The largest absolute Gasteiger partial charge is 0.484 e. The maximum absolute atomic E-state index is 12.2. The normalized spacial score (nSPS) is 11.2. The lowest BCUT2D eigenvalue weighted by molar-refractivity contribution is -0.161. The molecule has 106 valence electrons. The Labute approximate surface area is 117 Å². The molecule has 1 amide bonds. The van der Waals surface area contributed by atoms with Crippen LogP contribution in [0.25, 0.3) is 0 Å². The number of nitrogens with zero attached hydrogens (tertiary/aromatic N) is 1. The quantitative estimate of drug-likeness (QED) is 0.824. The number of halogens is 4. The van der Waals surface area contributed by atoms with Gasteiger partial charge in [0, 0.05) is 11.0 Å². The highest BCUT2D eigenvalue weighted by atomic mass is 79.9. The summed E-state index contributed by atoms with van der Waals surface area (Å²) in [4.78, 5) is 12.3. The first-order chi connectivity index (χ1) is 8.81. The first-order valence-corrected chi connectivity index (χ1v) is 6.34. The molecule has 1 aromatic carbocycles. The monoisotopic (exact) mass is 339 g/mol. The molecule has 0 aliphatic carbocycles. The predicted octanol–water partition coefficient (Wildman–Crippen LogP) is 3.24. The van der Waals surface area contributed by atoms with Crippen molar-refractivity contribution in [2.24, 2.45) is 0 Å². The van der Waals surface area contributed by atoms with Gasteiger partial charge in [0.05, 0.1) is 0 Å². The molecule has 3 nitrogen and oxygen atoms in total. The fraction of sp³-hybridized carbons (Fsp3) is 0.417. The van der Waals surface area contributed by atoms with Crippen molar-refractivity contribution in [3.63, 3.8) is 0 Å². The summed E-state index contributed by atoms with van der Waals surface area (Å²) in [6, 6.07) is 6.68. The molecule has 0 aliphatic heterocycles. The number of ether oxygens (including phenoxy) is 1. The van der Waals surface area contributed by atoms with Crippen molar-refractivity contribution in [3.8, 4) is 5.75 Å². The van der Waals surface area contributed by atoms with E-state index in [1.807, 2.05) is 0 Å². The molecule has 0 fully saturated rings. The van der Waals surface area contributed by atoms with E-state index in [9.17, 15) is 18.0 Å². The van der Waals surface area contributed by atoms with Crippen molar-refractivity contribution in [1.29, 1.82) is 0 Å². The van der Waals surface area contributed by atoms with Crippen LogP contribution >= 0.6 is 15.9 Å². The Morgan fingerprint density at radius 2 is 1.89 bits per heavy atom. The Hall–Kier alpha value is -1.24. The van der Waals surface area contributed by atoms with Crippen LogP contribution in [0.5, 0.6) is 5.75 Å². The Bertz CT molecular complexity index is 420. The van der Waals surface area contributed by atoms with Gasteiger partial charge < -0.3 is 9.64 Å². The van der Waals surface area contributed by atoms with Crippen molar-refractivity contribution in [1.82, 2.24) is 4.90 Å². The summed E-state index contributed by atoms with van der Waals surface area (Å²) in [6.45, 7) is -0.192. The summed E-state index contributed by atoms with van der Waals surface area (Å²) < 4.78 is 42.6. The van der Waals surface area contributed by atoms with Gasteiger partial charge in [0.15, 0.2) is 6.61 Å².